The van der Waals surface area contributed by atoms with Gasteiger partial charge >= 0.3 is 0 Å². The first kappa shape index (κ1) is 23.6. The molecular formula is C24H31ClN4O. The number of nitrogens with one attached hydrogen (secondary N) is 1. The molecule has 6 heteroatoms. The third-order valence-electron chi connectivity index (χ3n) is 4.66. The first-order valence-electron chi connectivity index (χ1n) is 10.1. The number of carbonyl (C=O) groups is 1. The second kappa shape index (κ2) is 9.90. The minimum absolute atomic E-state index is 0.163. The Kier molecular flexibility index (Phi) is 7.79. The highest BCUT2D eigenvalue weighted by Crippen LogP contribution is 2.26. The molecule has 1 N–H and O–H groups in total. The van der Waals surface area contributed by atoms with Crippen molar-refractivity contribution in [1.29, 1.82) is 0 Å². The molecule has 5 nitrogen and oxygen atoms in total. The van der Waals surface area contributed by atoms with Gasteiger partial charge in [-0.25, -0.2) is 4.98 Å². The Bertz CT molecular complexity index is 929. The monoisotopic (exact) mass is 426 g/mol. The van der Waals surface area contributed by atoms with Crippen molar-refractivity contribution in [2.75, 3.05) is 11.9 Å². The van der Waals surface area contributed by atoms with Gasteiger partial charge in [-0.3, -0.25) is 14.7 Å². The van der Waals surface area contributed by atoms with Crippen LogP contribution in [0.3, 0.4) is 0 Å². The molecule has 0 spiro atoms. The van der Waals surface area contributed by atoms with Gasteiger partial charge in [0.15, 0.2) is 0 Å². The Balaban J connectivity index is 2.64. The minimum atomic E-state index is -0.355. The molecule has 0 fully saturated rings. The van der Waals surface area contributed by atoms with Crippen LogP contribution >= 0.6 is 11.6 Å². The summed E-state index contributed by atoms with van der Waals surface area (Å²) in [4.78, 5) is 24.1. The zero-order valence-electron chi connectivity index (χ0n) is 18.7. The standard InChI is InChI=1S/C24H31ClN4O/c1-8-16(3)22(26-7)29(9-2)21-15-18(23(30)28-24(4,5)6)14-20(27-21)17-10-12-19(25)13-11-17/h9-16H,2,8H2,1,3-7H3,(H,28,30). The highest BCUT2D eigenvalue weighted by atomic mass is 35.5. The fraction of sp³-hybridized carbons (Fsp3) is 0.375. The summed E-state index contributed by atoms with van der Waals surface area (Å²) >= 11 is 6.05. The lowest BCUT2D eigenvalue weighted by molar-refractivity contribution is 0.0919. The van der Waals surface area contributed by atoms with E-state index in [1.54, 1.807) is 25.4 Å². The van der Waals surface area contributed by atoms with Crippen LogP contribution in [0, 0.1) is 5.92 Å². The molecule has 1 aromatic carbocycles. The van der Waals surface area contributed by atoms with E-state index in [1.165, 1.54) is 0 Å². The lowest BCUT2D eigenvalue weighted by Crippen LogP contribution is -2.40. The number of nitrogens with zero attached hydrogens (tertiary/aromatic N) is 3. The summed E-state index contributed by atoms with van der Waals surface area (Å²) in [5.41, 5.74) is 1.71. The predicted molar refractivity (Wildman–Crippen MR) is 127 cm³/mol. The number of carbonyl (C=O) groups excluding carboxylic acids is 1. The van der Waals surface area contributed by atoms with Gasteiger partial charge in [-0.2, -0.15) is 0 Å². The molecule has 1 unspecified atom stereocenters. The molecule has 0 bridgehead atoms. The van der Waals surface area contributed by atoms with Gasteiger partial charge in [0, 0.05) is 40.9 Å². The Morgan fingerprint density at radius 1 is 1.30 bits per heavy atom. The summed E-state index contributed by atoms with van der Waals surface area (Å²) in [6.45, 7) is 14.0. The third kappa shape index (κ3) is 5.92. The van der Waals surface area contributed by atoms with E-state index in [2.05, 4.69) is 30.7 Å². The SMILES string of the molecule is C=CN(C(=NC)C(C)CC)c1cc(C(=O)NC(C)(C)C)cc(-c2ccc(Cl)cc2)n1. The Morgan fingerprint density at radius 2 is 1.93 bits per heavy atom. The van der Waals surface area contributed by atoms with Gasteiger partial charge in [-0.15, -0.1) is 0 Å². The first-order valence-corrected chi connectivity index (χ1v) is 10.5. The lowest BCUT2D eigenvalue weighted by atomic mass is 10.0. The van der Waals surface area contributed by atoms with E-state index < -0.39 is 0 Å². The minimum Gasteiger partial charge on any atom is -0.347 e. The number of amidine groups is 1. The van der Waals surface area contributed by atoms with E-state index in [0.29, 0.717) is 22.1 Å². The highest BCUT2D eigenvalue weighted by molar-refractivity contribution is 6.30. The van der Waals surface area contributed by atoms with Gasteiger partial charge in [0.25, 0.3) is 5.91 Å². The number of benzene rings is 1. The van der Waals surface area contributed by atoms with Crippen molar-refractivity contribution >= 4 is 29.2 Å². The fourth-order valence-corrected chi connectivity index (χ4v) is 3.13. The van der Waals surface area contributed by atoms with E-state index in [-0.39, 0.29) is 17.4 Å². The van der Waals surface area contributed by atoms with Crippen LogP contribution in [0.4, 0.5) is 5.82 Å². The molecule has 0 aliphatic heterocycles. The van der Waals surface area contributed by atoms with Crippen LogP contribution in [0.5, 0.6) is 0 Å². The van der Waals surface area contributed by atoms with Crippen molar-refractivity contribution < 1.29 is 4.79 Å². The molecule has 0 saturated heterocycles. The molecule has 30 heavy (non-hydrogen) atoms. The molecule has 160 valence electrons. The number of pyridine rings is 1. The van der Waals surface area contributed by atoms with Gasteiger partial charge in [0.2, 0.25) is 0 Å². The molecule has 0 radical (unpaired) electrons. The quantitative estimate of drug-likeness (QED) is 0.458. The third-order valence-corrected chi connectivity index (χ3v) is 4.91. The van der Waals surface area contributed by atoms with Gasteiger partial charge in [0.1, 0.15) is 11.7 Å². The molecular weight excluding hydrogens is 396 g/mol. The van der Waals surface area contributed by atoms with Crippen LogP contribution in [0.2, 0.25) is 5.02 Å². The molecule has 1 aromatic heterocycles. The van der Waals surface area contributed by atoms with Crippen molar-refractivity contribution in [2.24, 2.45) is 10.9 Å². The number of rotatable bonds is 6. The summed E-state index contributed by atoms with van der Waals surface area (Å²) in [5, 5.41) is 3.67. The Labute approximate surface area is 184 Å². The second-order valence-electron chi connectivity index (χ2n) is 8.25. The van der Waals surface area contributed by atoms with Crippen LogP contribution in [-0.4, -0.2) is 29.3 Å². The molecule has 1 atom stereocenters. The molecule has 0 aliphatic rings. The zero-order chi connectivity index (χ0) is 22.5. The lowest BCUT2D eigenvalue weighted by Gasteiger charge is -2.26. The number of halogens is 1. The molecule has 2 aromatic rings. The summed E-state index contributed by atoms with van der Waals surface area (Å²) < 4.78 is 0. The number of aliphatic imine (C=N–C) groups is 1. The van der Waals surface area contributed by atoms with Crippen molar-refractivity contribution in [3.63, 3.8) is 0 Å². The van der Waals surface area contributed by atoms with Crippen LogP contribution in [-0.2, 0) is 0 Å². The van der Waals surface area contributed by atoms with Gasteiger partial charge in [-0.1, -0.05) is 44.2 Å². The largest absolute Gasteiger partial charge is 0.347 e. The van der Waals surface area contributed by atoms with E-state index >= 15 is 0 Å². The second-order valence-corrected chi connectivity index (χ2v) is 8.69. The summed E-state index contributed by atoms with van der Waals surface area (Å²) in [6.07, 6.45) is 2.61. The van der Waals surface area contributed by atoms with E-state index in [0.717, 1.165) is 17.8 Å². The van der Waals surface area contributed by atoms with Crippen molar-refractivity contribution in [3.8, 4) is 11.3 Å². The Hall–Kier alpha value is -2.66. The van der Waals surface area contributed by atoms with Crippen LogP contribution in [0.15, 0.2) is 54.2 Å². The fourth-order valence-electron chi connectivity index (χ4n) is 3.00. The summed E-state index contributed by atoms with van der Waals surface area (Å²) in [6, 6.07) is 11.0. The molecule has 1 heterocycles. The number of hydrogen-bond acceptors (Lipinski definition) is 3. The maximum atomic E-state index is 13.0. The molecule has 0 aliphatic carbocycles. The van der Waals surface area contributed by atoms with Crippen LogP contribution in [0.1, 0.15) is 51.4 Å². The normalized spacial score (nSPS) is 13.0. The maximum Gasteiger partial charge on any atom is 0.251 e. The van der Waals surface area contributed by atoms with E-state index in [4.69, 9.17) is 16.6 Å². The Morgan fingerprint density at radius 3 is 2.43 bits per heavy atom. The first-order chi connectivity index (χ1) is 14.1. The van der Waals surface area contributed by atoms with Crippen molar-refractivity contribution in [3.05, 3.63) is 59.8 Å². The average Bonchev–Trinajstić information content (AvgIpc) is 2.70. The number of aromatic nitrogens is 1. The van der Waals surface area contributed by atoms with Crippen molar-refractivity contribution in [1.82, 2.24) is 10.3 Å². The summed E-state index contributed by atoms with van der Waals surface area (Å²) in [7, 11) is 1.76. The van der Waals surface area contributed by atoms with E-state index in [1.807, 2.05) is 49.9 Å². The maximum absolute atomic E-state index is 13.0. The van der Waals surface area contributed by atoms with Gasteiger partial charge < -0.3 is 5.32 Å². The smallest absolute Gasteiger partial charge is 0.251 e. The summed E-state index contributed by atoms with van der Waals surface area (Å²) in [5.74, 6) is 1.48. The number of anilines is 1. The van der Waals surface area contributed by atoms with Gasteiger partial charge in [-0.05, 0) is 51.5 Å². The van der Waals surface area contributed by atoms with E-state index in [9.17, 15) is 4.79 Å². The van der Waals surface area contributed by atoms with Crippen LogP contribution in [0.25, 0.3) is 11.3 Å². The zero-order valence-corrected chi connectivity index (χ0v) is 19.4. The molecule has 0 saturated carbocycles. The topological polar surface area (TPSA) is 57.6 Å². The van der Waals surface area contributed by atoms with Gasteiger partial charge in [0.05, 0.1) is 5.69 Å². The number of hydrogen-bond donors (Lipinski definition) is 1. The number of amides is 1. The van der Waals surface area contributed by atoms with Crippen molar-refractivity contribution in [2.45, 2.75) is 46.6 Å². The molecule has 1 amide bonds. The molecule has 2 rings (SSSR count). The average molecular weight is 427 g/mol. The van der Waals surface area contributed by atoms with Crippen LogP contribution < -0.4 is 10.2 Å². The highest BCUT2D eigenvalue weighted by Gasteiger charge is 2.22. The predicted octanol–water partition coefficient (Wildman–Crippen LogP) is 5.95.